The molecule has 2 N–H and O–H groups in total. The van der Waals surface area contributed by atoms with E-state index in [1.165, 1.54) is 32.1 Å². The Morgan fingerprint density at radius 3 is 2.62 bits per heavy atom. The minimum absolute atomic E-state index is 0.0499. The molecule has 5 heteroatoms. The van der Waals surface area contributed by atoms with Crippen LogP contribution in [0.15, 0.2) is 0 Å². The number of nitrogens with one attached hydrogen (secondary N) is 2. The highest BCUT2D eigenvalue weighted by Crippen LogP contribution is 2.44. The van der Waals surface area contributed by atoms with Crippen molar-refractivity contribution in [2.45, 2.75) is 63.5 Å². The molecule has 5 nitrogen and oxygen atoms in total. The SMILES string of the molecule is CN1C[C@H](NC(=O)N[C@H]2C[C@@H]2C2CCCCC2)CCC1=O. The number of carbonyl (C=O) groups excluding carboxylic acids is 2. The number of carbonyl (C=O) groups is 2. The fourth-order valence-electron chi connectivity index (χ4n) is 3.99. The van der Waals surface area contributed by atoms with Crippen LogP contribution in [0.3, 0.4) is 0 Å². The monoisotopic (exact) mass is 293 g/mol. The lowest BCUT2D eigenvalue weighted by molar-refractivity contribution is -0.132. The summed E-state index contributed by atoms with van der Waals surface area (Å²) in [7, 11) is 1.80. The summed E-state index contributed by atoms with van der Waals surface area (Å²) < 4.78 is 0. The standard InChI is InChI=1S/C16H27N3O2/c1-19-10-12(7-8-15(19)20)17-16(21)18-14-9-13(14)11-5-3-2-4-6-11/h11-14H,2-10H2,1H3,(H2,17,18,21)/t12-,13-,14+/m1/s1. The molecule has 0 unspecified atom stereocenters. The van der Waals surface area contributed by atoms with Gasteiger partial charge < -0.3 is 15.5 Å². The molecule has 0 radical (unpaired) electrons. The number of amides is 3. The maximum Gasteiger partial charge on any atom is 0.315 e. The molecule has 118 valence electrons. The van der Waals surface area contributed by atoms with Gasteiger partial charge in [-0.1, -0.05) is 32.1 Å². The van der Waals surface area contributed by atoms with Gasteiger partial charge in [0.2, 0.25) is 5.91 Å². The van der Waals surface area contributed by atoms with Crippen LogP contribution in [-0.2, 0) is 4.79 Å². The lowest BCUT2D eigenvalue weighted by atomic mass is 9.85. The van der Waals surface area contributed by atoms with E-state index < -0.39 is 0 Å². The number of likely N-dealkylation sites (tertiary alicyclic amines) is 1. The predicted octanol–water partition coefficient (Wildman–Crippen LogP) is 1.88. The van der Waals surface area contributed by atoms with E-state index in [4.69, 9.17) is 0 Å². The summed E-state index contributed by atoms with van der Waals surface area (Å²) >= 11 is 0. The van der Waals surface area contributed by atoms with E-state index in [1.54, 1.807) is 11.9 Å². The van der Waals surface area contributed by atoms with Crippen molar-refractivity contribution in [3.63, 3.8) is 0 Å². The molecular formula is C16H27N3O2. The van der Waals surface area contributed by atoms with Gasteiger partial charge in [0.05, 0.1) is 0 Å². The summed E-state index contributed by atoms with van der Waals surface area (Å²) in [5.41, 5.74) is 0. The van der Waals surface area contributed by atoms with Gasteiger partial charge in [-0.05, 0) is 24.7 Å². The van der Waals surface area contributed by atoms with Crippen LogP contribution in [0.25, 0.3) is 0 Å². The second-order valence-corrected chi connectivity index (χ2v) is 7.03. The van der Waals surface area contributed by atoms with Crippen molar-refractivity contribution in [2.75, 3.05) is 13.6 Å². The molecule has 0 aromatic rings. The zero-order chi connectivity index (χ0) is 14.8. The topological polar surface area (TPSA) is 61.4 Å². The minimum atomic E-state index is -0.0499. The molecule has 21 heavy (non-hydrogen) atoms. The third-order valence-corrected chi connectivity index (χ3v) is 5.37. The first kappa shape index (κ1) is 14.7. The summed E-state index contributed by atoms with van der Waals surface area (Å²) in [6, 6.07) is 0.432. The number of nitrogens with zero attached hydrogens (tertiary/aromatic N) is 1. The molecule has 1 saturated heterocycles. The molecule has 1 aliphatic heterocycles. The molecule has 0 aromatic carbocycles. The molecule has 3 aliphatic rings. The van der Waals surface area contributed by atoms with E-state index in [0.717, 1.165) is 18.8 Å². The molecule has 2 saturated carbocycles. The van der Waals surface area contributed by atoms with Gasteiger partial charge in [0.1, 0.15) is 0 Å². The largest absolute Gasteiger partial charge is 0.344 e. The smallest absolute Gasteiger partial charge is 0.315 e. The molecule has 0 aromatic heterocycles. The molecular weight excluding hydrogens is 266 g/mol. The summed E-state index contributed by atoms with van der Waals surface area (Å²) in [4.78, 5) is 25.2. The lowest BCUT2D eigenvalue weighted by Crippen LogP contribution is -2.51. The van der Waals surface area contributed by atoms with Crippen molar-refractivity contribution in [2.24, 2.45) is 11.8 Å². The van der Waals surface area contributed by atoms with Crippen LogP contribution in [0.1, 0.15) is 51.4 Å². The van der Waals surface area contributed by atoms with Gasteiger partial charge in [0.25, 0.3) is 0 Å². The van der Waals surface area contributed by atoms with Crippen LogP contribution in [0.5, 0.6) is 0 Å². The van der Waals surface area contributed by atoms with Crippen molar-refractivity contribution in [1.29, 1.82) is 0 Å². The highest BCUT2D eigenvalue weighted by Gasteiger charge is 2.43. The molecule has 1 heterocycles. The fourth-order valence-corrected chi connectivity index (χ4v) is 3.99. The lowest BCUT2D eigenvalue weighted by Gasteiger charge is -2.30. The molecule has 2 aliphatic carbocycles. The molecule has 3 atom stereocenters. The Balaban J connectivity index is 1.38. The number of likely N-dealkylation sites (N-methyl/N-ethyl adjacent to an activating group) is 1. The summed E-state index contributed by atoms with van der Waals surface area (Å²) in [6.07, 6.45) is 9.25. The van der Waals surface area contributed by atoms with Crippen molar-refractivity contribution in [1.82, 2.24) is 15.5 Å². The predicted molar refractivity (Wildman–Crippen MR) is 80.8 cm³/mol. The average Bonchev–Trinajstić information content (AvgIpc) is 3.23. The Bertz CT molecular complexity index is 406. The first-order valence-corrected chi connectivity index (χ1v) is 8.44. The number of hydrogen-bond acceptors (Lipinski definition) is 2. The number of rotatable bonds is 3. The zero-order valence-electron chi connectivity index (χ0n) is 12.9. The third-order valence-electron chi connectivity index (χ3n) is 5.37. The fraction of sp³-hybridized carbons (Fsp3) is 0.875. The normalized spacial score (nSPS) is 33.7. The van der Waals surface area contributed by atoms with Crippen LogP contribution in [0, 0.1) is 11.8 Å². The second-order valence-electron chi connectivity index (χ2n) is 7.03. The Morgan fingerprint density at radius 1 is 1.14 bits per heavy atom. The van der Waals surface area contributed by atoms with Crippen molar-refractivity contribution in [3.8, 4) is 0 Å². The van der Waals surface area contributed by atoms with Gasteiger partial charge in [0.15, 0.2) is 0 Å². The van der Waals surface area contributed by atoms with Gasteiger partial charge in [-0.2, -0.15) is 0 Å². The van der Waals surface area contributed by atoms with E-state index >= 15 is 0 Å². The first-order chi connectivity index (χ1) is 10.1. The van der Waals surface area contributed by atoms with E-state index in [0.29, 0.717) is 24.9 Å². The molecule has 0 spiro atoms. The van der Waals surface area contributed by atoms with Crippen molar-refractivity contribution < 1.29 is 9.59 Å². The molecule has 0 bridgehead atoms. The van der Waals surface area contributed by atoms with Gasteiger partial charge in [-0.15, -0.1) is 0 Å². The van der Waals surface area contributed by atoms with Crippen molar-refractivity contribution >= 4 is 11.9 Å². The summed E-state index contributed by atoms with van der Waals surface area (Å²) in [5, 5.41) is 6.14. The van der Waals surface area contributed by atoms with Gasteiger partial charge >= 0.3 is 6.03 Å². The first-order valence-electron chi connectivity index (χ1n) is 8.44. The van der Waals surface area contributed by atoms with E-state index in [-0.39, 0.29) is 18.0 Å². The quantitative estimate of drug-likeness (QED) is 0.834. The highest BCUT2D eigenvalue weighted by atomic mass is 16.2. The Labute approximate surface area is 126 Å². The van der Waals surface area contributed by atoms with Crippen LogP contribution < -0.4 is 10.6 Å². The number of urea groups is 1. The van der Waals surface area contributed by atoms with E-state index in [2.05, 4.69) is 10.6 Å². The van der Waals surface area contributed by atoms with Gasteiger partial charge in [-0.3, -0.25) is 4.79 Å². The van der Waals surface area contributed by atoms with E-state index in [1.807, 2.05) is 0 Å². The second kappa shape index (κ2) is 6.24. The van der Waals surface area contributed by atoms with Crippen LogP contribution in [0.2, 0.25) is 0 Å². The molecule has 3 amide bonds. The number of piperidine rings is 1. The Hall–Kier alpha value is -1.26. The zero-order valence-corrected chi connectivity index (χ0v) is 12.9. The van der Waals surface area contributed by atoms with Crippen LogP contribution in [0.4, 0.5) is 4.79 Å². The minimum Gasteiger partial charge on any atom is -0.344 e. The van der Waals surface area contributed by atoms with Crippen LogP contribution >= 0.6 is 0 Å². The van der Waals surface area contributed by atoms with Gasteiger partial charge in [0, 0.05) is 32.1 Å². The number of hydrogen-bond donors (Lipinski definition) is 2. The van der Waals surface area contributed by atoms with Gasteiger partial charge in [-0.25, -0.2) is 4.79 Å². The summed E-state index contributed by atoms with van der Waals surface area (Å²) in [5.74, 6) is 1.72. The Morgan fingerprint density at radius 2 is 1.90 bits per heavy atom. The average molecular weight is 293 g/mol. The Kier molecular flexibility index (Phi) is 4.36. The molecule has 3 fully saturated rings. The summed E-state index contributed by atoms with van der Waals surface area (Å²) in [6.45, 7) is 0.628. The van der Waals surface area contributed by atoms with E-state index in [9.17, 15) is 9.59 Å². The van der Waals surface area contributed by atoms with Crippen molar-refractivity contribution in [3.05, 3.63) is 0 Å². The third kappa shape index (κ3) is 3.69. The highest BCUT2D eigenvalue weighted by molar-refractivity contribution is 5.78. The maximum atomic E-state index is 12.1. The molecule has 3 rings (SSSR count). The van der Waals surface area contributed by atoms with Crippen LogP contribution in [-0.4, -0.2) is 42.5 Å². The maximum absolute atomic E-state index is 12.1.